The van der Waals surface area contributed by atoms with Gasteiger partial charge in [-0.3, -0.25) is 14.0 Å². The van der Waals surface area contributed by atoms with Crippen LogP contribution < -0.4 is 14.5 Å². The molecule has 0 radical (unpaired) electrons. The minimum atomic E-state index is -3.70. The van der Waals surface area contributed by atoms with Crippen LogP contribution in [-0.4, -0.2) is 65.5 Å². The molecule has 1 amide bonds. The van der Waals surface area contributed by atoms with Crippen LogP contribution >= 0.6 is 0 Å². The summed E-state index contributed by atoms with van der Waals surface area (Å²) in [5, 5.41) is 2.94. The third kappa shape index (κ3) is 5.58. The first-order valence-corrected chi connectivity index (χ1v) is 12.8. The minimum Gasteiger partial charge on any atom is -0.369 e. The zero-order valence-corrected chi connectivity index (χ0v) is 20.1. The molecule has 4 rings (SSSR count). The first kappa shape index (κ1) is 23.8. The van der Waals surface area contributed by atoms with Crippen LogP contribution in [0.25, 0.3) is 0 Å². The molecule has 178 valence electrons. The van der Waals surface area contributed by atoms with E-state index >= 15 is 0 Å². The van der Waals surface area contributed by atoms with E-state index in [0.29, 0.717) is 17.8 Å². The van der Waals surface area contributed by atoms with Crippen molar-refractivity contribution in [3.63, 3.8) is 0 Å². The number of nitrogens with one attached hydrogen (secondary N) is 1. The molecular weight excluding hydrogens is 448 g/mol. The molecule has 3 aromatic carbocycles. The molecule has 0 unspecified atom stereocenters. The lowest BCUT2D eigenvalue weighted by molar-refractivity contribution is 0.0947. The number of hydrogen-bond acceptors (Lipinski definition) is 5. The van der Waals surface area contributed by atoms with Crippen molar-refractivity contribution in [2.75, 3.05) is 55.5 Å². The second-order valence-electron chi connectivity index (χ2n) is 8.25. The zero-order chi connectivity index (χ0) is 24.0. The van der Waals surface area contributed by atoms with Gasteiger partial charge in [0.15, 0.2) is 0 Å². The summed E-state index contributed by atoms with van der Waals surface area (Å²) in [5.74, 6) is -0.205. The molecule has 7 nitrogen and oxygen atoms in total. The van der Waals surface area contributed by atoms with Crippen LogP contribution in [0, 0.1) is 0 Å². The average molecular weight is 479 g/mol. The van der Waals surface area contributed by atoms with Gasteiger partial charge < -0.3 is 10.2 Å². The fourth-order valence-corrected chi connectivity index (χ4v) is 5.21. The molecule has 8 heteroatoms. The summed E-state index contributed by atoms with van der Waals surface area (Å²) >= 11 is 0. The molecule has 0 aliphatic carbocycles. The van der Waals surface area contributed by atoms with Gasteiger partial charge >= 0.3 is 0 Å². The number of rotatable bonds is 8. The Bertz CT molecular complexity index is 1180. The molecule has 0 spiro atoms. The Morgan fingerprint density at radius 1 is 0.853 bits per heavy atom. The van der Waals surface area contributed by atoms with Crippen molar-refractivity contribution in [2.45, 2.75) is 4.90 Å². The van der Waals surface area contributed by atoms with Gasteiger partial charge in [0.25, 0.3) is 15.9 Å². The van der Waals surface area contributed by atoms with E-state index in [1.807, 2.05) is 12.1 Å². The Hall–Kier alpha value is -3.36. The van der Waals surface area contributed by atoms with Crippen molar-refractivity contribution in [2.24, 2.45) is 0 Å². The van der Waals surface area contributed by atoms with Crippen molar-refractivity contribution < 1.29 is 13.2 Å². The van der Waals surface area contributed by atoms with Gasteiger partial charge in [-0.25, -0.2) is 8.42 Å². The lowest BCUT2D eigenvalue weighted by Crippen LogP contribution is -2.48. The highest BCUT2D eigenvalue weighted by atomic mass is 32.2. The summed E-state index contributed by atoms with van der Waals surface area (Å²) in [5.41, 5.74) is 2.26. The molecule has 0 aromatic heterocycles. The fourth-order valence-electron chi connectivity index (χ4n) is 4.01. The highest BCUT2D eigenvalue weighted by molar-refractivity contribution is 7.92. The molecule has 0 saturated carbocycles. The second-order valence-corrected chi connectivity index (χ2v) is 10.2. The maximum Gasteiger partial charge on any atom is 0.264 e. The van der Waals surface area contributed by atoms with Gasteiger partial charge in [-0.05, 0) is 48.5 Å². The SMILES string of the molecule is CN(c1ccccc1)S(=O)(=O)c1ccc(C(=O)NCCN2CCN(c3ccccc3)CC2)cc1. The van der Waals surface area contributed by atoms with Gasteiger partial charge in [0.1, 0.15) is 0 Å². The van der Waals surface area contributed by atoms with E-state index in [1.54, 1.807) is 36.4 Å². The maximum absolute atomic E-state index is 12.9. The average Bonchev–Trinajstić information content (AvgIpc) is 2.89. The number of nitrogens with zero attached hydrogens (tertiary/aromatic N) is 3. The predicted octanol–water partition coefficient (Wildman–Crippen LogP) is 3.06. The lowest BCUT2D eigenvalue weighted by atomic mass is 10.2. The fraction of sp³-hybridized carbons (Fsp3) is 0.269. The predicted molar refractivity (Wildman–Crippen MR) is 136 cm³/mol. The summed E-state index contributed by atoms with van der Waals surface area (Å²) < 4.78 is 27.0. The van der Waals surface area contributed by atoms with Gasteiger partial charge in [0.05, 0.1) is 10.6 Å². The van der Waals surface area contributed by atoms with Gasteiger partial charge in [-0.15, -0.1) is 0 Å². The number of carbonyl (C=O) groups is 1. The van der Waals surface area contributed by atoms with Crippen molar-refractivity contribution in [3.05, 3.63) is 90.5 Å². The Labute approximate surface area is 201 Å². The van der Waals surface area contributed by atoms with Crippen molar-refractivity contribution in [1.82, 2.24) is 10.2 Å². The standard InChI is InChI=1S/C26H30N4O3S/c1-28(23-8-4-2-5-9-23)34(32,33)25-14-12-22(13-15-25)26(31)27-16-17-29-18-20-30(21-19-29)24-10-6-3-7-11-24/h2-15H,16-21H2,1H3,(H,27,31). The van der Waals surface area contributed by atoms with Gasteiger partial charge in [0, 0.05) is 57.6 Å². The molecule has 1 heterocycles. The van der Waals surface area contributed by atoms with E-state index < -0.39 is 10.0 Å². The second kappa shape index (κ2) is 10.7. The smallest absolute Gasteiger partial charge is 0.264 e. The Morgan fingerprint density at radius 3 is 2.06 bits per heavy atom. The number of benzene rings is 3. The molecule has 1 N–H and O–H groups in total. The van der Waals surface area contributed by atoms with E-state index in [9.17, 15) is 13.2 Å². The molecule has 1 aliphatic heterocycles. The topological polar surface area (TPSA) is 73.0 Å². The van der Waals surface area contributed by atoms with Crippen molar-refractivity contribution in [1.29, 1.82) is 0 Å². The summed E-state index contributed by atoms with van der Waals surface area (Å²) in [6.45, 7) is 5.15. The minimum absolute atomic E-state index is 0.145. The number of anilines is 2. The third-order valence-electron chi connectivity index (χ3n) is 6.10. The number of carbonyl (C=O) groups excluding carboxylic acids is 1. The van der Waals surface area contributed by atoms with Crippen LogP contribution in [0.5, 0.6) is 0 Å². The monoisotopic (exact) mass is 478 g/mol. The summed E-state index contributed by atoms with van der Waals surface area (Å²) in [7, 11) is -2.18. The van der Waals surface area contributed by atoms with Crippen molar-refractivity contribution >= 4 is 27.3 Å². The van der Waals surface area contributed by atoms with Crippen LogP contribution in [0.15, 0.2) is 89.8 Å². The number of hydrogen-bond donors (Lipinski definition) is 1. The molecule has 34 heavy (non-hydrogen) atoms. The van der Waals surface area contributed by atoms with Crippen LogP contribution in [0.3, 0.4) is 0 Å². The van der Waals surface area contributed by atoms with E-state index in [-0.39, 0.29) is 10.8 Å². The van der Waals surface area contributed by atoms with E-state index in [2.05, 4.69) is 39.4 Å². The van der Waals surface area contributed by atoms with Crippen LogP contribution in [-0.2, 0) is 10.0 Å². The first-order chi connectivity index (χ1) is 16.4. The zero-order valence-electron chi connectivity index (χ0n) is 19.3. The third-order valence-corrected chi connectivity index (χ3v) is 7.90. The maximum atomic E-state index is 12.9. The highest BCUT2D eigenvalue weighted by Gasteiger charge is 2.22. The van der Waals surface area contributed by atoms with Crippen LogP contribution in [0.1, 0.15) is 10.4 Å². The largest absolute Gasteiger partial charge is 0.369 e. The number of sulfonamides is 1. The molecule has 0 bridgehead atoms. The van der Waals surface area contributed by atoms with Gasteiger partial charge in [-0.1, -0.05) is 36.4 Å². The Balaban J connectivity index is 1.26. The van der Waals surface area contributed by atoms with Gasteiger partial charge in [-0.2, -0.15) is 0 Å². The normalized spacial score (nSPS) is 14.6. The quantitative estimate of drug-likeness (QED) is 0.539. The van der Waals surface area contributed by atoms with Gasteiger partial charge in [0.2, 0.25) is 0 Å². The molecule has 1 aliphatic rings. The summed E-state index contributed by atoms with van der Waals surface area (Å²) in [6, 6.07) is 25.4. The molecule has 0 atom stereocenters. The first-order valence-electron chi connectivity index (χ1n) is 11.4. The number of para-hydroxylation sites is 2. The Kier molecular flexibility index (Phi) is 7.49. The number of amides is 1. The number of piperazine rings is 1. The van der Waals surface area contributed by atoms with E-state index in [0.717, 1.165) is 32.7 Å². The lowest BCUT2D eigenvalue weighted by Gasteiger charge is -2.36. The molecule has 1 saturated heterocycles. The molecular formula is C26H30N4O3S. The van der Waals surface area contributed by atoms with E-state index in [1.165, 1.54) is 29.2 Å². The molecule has 1 fully saturated rings. The summed E-state index contributed by atoms with van der Waals surface area (Å²) in [4.78, 5) is 17.4. The van der Waals surface area contributed by atoms with Crippen molar-refractivity contribution in [3.8, 4) is 0 Å². The van der Waals surface area contributed by atoms with Crippen LogP contribution in [0.4, 0.5) is 11.4 Å². The Morgan fingerprint density at radius 2 is 1.44 bits per heavy atom. The van der Waals surface area contributed by atoms with E-state index in [4.69, 9.17) is 0 Å². The highest BCUT2D eigenvalue weighted by Crippen LogP contribution is 2.22. The summed E-state index contributed by atoms with van der Waals surface area (Å²) in [6.07, 6.45) is 0. The van der Waals surface area contributed by atoms with Crippen LogP contribution in [0.2, 0.25) is 0 Å². The molecule has 3 aromatic rings.